The van der Waals surface area contributed by atoms with Crippen molar-refractivity contribution >= 4 is 17.9 Å². The Morgan fingerprint density at radius 1 is 0.667 bits per heavy atom. The summed E-state index contributed by atoms with van der Waals surface area (Å²) in [6.07, 6.45) is 0. The van der Waals surface area contributed by atoms with Gasteiger partial charge in [0.15, 0.2) is 0 Å². The fourth-order valence-corrected chi connectivity index (χ4v) is 2.30. The van der Waals surface area contributed by atoms with Crippen molar-refractivity contribution in [2.24, 2.45) is 0 Å². The Balaban J connectivity index is 1.82. The number of carbonyl (C=O) groups excluding carboxylic acids is 2. The van der Waals surface area contributed by atoms with Gasteiger partial charge in [0.05, 0.1) is 11.1 Å². The smallest absolute Gasteiger partial charge is 0.343 e. The molecule has 0 aromatic heterocycles. The van der Waals surface area contributed by atoms with E-state index in [2.05, 4.69) is 0 Å². The molecular formula is C21H14O6. The molecule has 6 heteroatoms. The maximum atomic E-state index is 12.1. The van der Waals surface area contributed by atoms with Crippen molar-refractivity contribution in [2.45, 2.75) is 0 Å². The molecule has 0 saturated carbocycles. The molecule has 3 rings (SSSR count). The SMILES string of the molecule is O=C(Oc1ccc(OC(=O)c2ccccc2)c(C(=O)O)c1)c1ccccc1. The van der Waals surface area contributed by atoms with Crippen LogP contribution in [0.25, 0.3) is 0 Å². The zero-order valence-electron chi connectivity index (χ0n) is 14.0. The van der Waals surface area contributed by atoms with E-state index in [1.165, 1.54) is 12.1 Å². The third-order valence-corrected chi connectivity index (χ3v) is 3.61. The minimum atomic E-state index is -1.32. The number of carboxylic acids is 1. The van der Waals surface area contributed by atoms with Crippen molar-refractivity contribution in [3.05, 3.63) is 95.6 Å². The lowest BCUT2D eigenvalue weighted by atomic mass is 10.2. The van der Waals surface area contributed by atoms with Gasteiger partial charge in [0.25, 0.3) is 0 Å². The third-order valence-electron chi connectivity index (χ3n) is 3.61. The number of hydrogen-bond donors (Lipinski definition) is 1. The monoisotopic (exact) mass is 362 g/mol. The lowest BCUT2D eigenvalue weighted by molar-refractivity contribution is 0.0671. The Hall–Kier alpha value is -3.93. The van der Waals surface area contributed by atoms with E-state index in [0.29, 0.717) is 5.56 Å². The number of esters is 2. The van der Waals surface area contributed by atoms with Gasteiger partial charge in [-0.2, -0.15) is 0 Å². The first-order valence-electron chi connectivity index (χ1n) is 7.96. The van der Waals surface area contributed by atoms with Crippen molar-refractivity contribution in [2.75, 3.05) is 0 Å². The summed E-state index contributed by atoms with van der Waals surface area (Å²) in [6.45, 7) is 0. The molecule has 0 spiro atoms. The molecule has 0 heterocycles. The number of hydrogen-bond acceptors (Lipinski definition) is 5. The lowest BCUT2D eigenvalue weighted by Gasteiger charge is -2.10. The van der Waals surface area contributed by atoms with Crippen LogP contribution in [0.5, 0.6) is 11.5 Å². The van der Waals surface area contributed by atoms with E-state index in [0.717, 1.165) is 6.07 Å². The Bertz CT molecular complexity index is 980. The Labute approximate surface area is 154 Å². The topological polar surface area (TPSA) is 89.9 Å². The lowest BCUT2D eigenvalue weighted by Crippen LogP contribution is -2.12. The molecule has 0 saturated heterocycles. The van der Waals surface area contributed by atoms with E-state index in [1.807, 2.05) is 0 Å². The molecule has 0 atom stereocenters. The second kappa shape index (κ2) is 7.97. The first-order chi connectivity index (χ1) is 13.0. The normalized spacial score (nSPS) is 10.1. The van der Waals surface area contributed by atoms with Crippen LogP contribution in [0.3, 0.4) is 0 Å². The molecule has 6 nitrogen and oxygen atoms in total. The molecule has 1 N–H and O–H groups in total. The quantitative estimate of drug-likeness (QED) is 0.548. The molecule has 0 unspecified atom stereocenters. The number of carboxylic acid groups (broad SMARTS) is 1. The van der Waals surface area contributed by atoms with Gasteiger partial charge < -0.3 is 14.6 Å². The molecule has 0 fully saturated rings. The molecule has 0 aliphatic heterocycles. The Morgan fingerprint density at radius 3 is 1.70 bits per heavy atom. The highest BCUT2D eigenvalue weighted by atomic mass is 16.5. The molecule has 3 aromatic rings. The van der Waals surface area contributed by atoms with Crippen LogP contribution in [-0.2, 0) is 0 Å². The minimum Gasteiger partial charge on any atom is -0.478 e. The van der Waals surface area contributed by atoms with Crippen molar-refractivity contribution in [3.8, 4) is 11.5 Å². The van der Waals surface area contributed by atoms with Gasteiger partial charge in [-0.25, -0.2) is 14.4 Å². The summed E-state index contributed by atoms with van der Waals surface area (Å²) in [5.74, 6) is -2.74. The Kier molecular flexibility index (Phi) is 5.28. The van der Waals surface area contributed by atoms with Crippen LogP contribution < -0.4 is 9.47 Å². The van der Waals surface area contributed by atoms with Gasteiger partial charge in [0.2, 0.25) is 0 Å². The van der Waals surface area contributed by atoms with E-state index in [4.69, 9.17) is 9.47 Å². The van der Waals surface area contributed by atoms with Gasteiger partial charge in [-0.3, -0.25) is 0 Å². The summed E-state index contributed by atoms with van der Waals surface area (Å²) >= 11 is 0. The highest BCUT2D eigenvalue weighted by Gasteiger charge is 2.18. The van der Waals surface area contributed by atoms with Crippen molar-refractivity contribution in [1.82, 2.24) is 0 Å². The summed E-state index contributed by atoms with van der Waals surface area (Å²) in [5, 5.41) is 9.39. The number of ether oxygens (including phenoxy) is 2. The van der Waals surface area contributed by atoms with Crippen LogP contribution in [-0.4, -0.2) is 23.0 Å². The van der Waals surface area contributed by atoms with Gasteiger partial charge in [0, 0.05) is 0 Å². The molecular weight excluding hydrogens is 348 g/mol. The van der Waals surface area contributed by atoms with Crippen molar-refractivity contribution < 1.29 is 29.0 Å². The standard InChI is InChI=1S/C21H14O6/c22-19(23)17-13-16(26-20(24)14-7-3-1-4-8-14)11-12-18(17)27-21(25)15-9-5-2-6-10-15/h1-13H,(H,22,23). The van der Waals surface area contributed by atoms with Crippen LogP contribution in [0.4, 0.5) is 0 Å². The zero-order valence-corrected chi connectivity index (χ0v) is 14.0. The highest BCUT2D eigenvalue weighted by molar-refractivity contribution is 5.96. The zero-order chi connectivity index (χ0) is 19.2. The predicted octanol–water partition coefficient (Wildman–Crippen LogP) is 3.82. The predicted molar refractivity (Wildman–Crippen MR) is 96.2 cm³/mol. The van der Waals surface area contributed by atoms with Gasteiger partial charge in [-0.15, -0.1) is 0 Å². The second-order valence-electron chi connectivity index (χ2n) is 5.47. The first kappa shape index (κ1) is 17.9. The van der Waals surface area contributed by atoms with E-state index >= 15 is 0 Å². The Morgan fingerprint density at radius 2 is 1.19 bits per heavy atom. The molecule has 3 aromatic carbocycles. The maximum absolute atomic E-state index is 12.1. The average Bonchev–Trinajstić information content (AvgIpc) is 2.70. The molecule has 0 amide bonds. The van der Waals surface area contributed by atoms with Gasteiger partial charge >= 0.3 is 17.9 Å². The summed E-state index contributed by atoms with van der Waals surface area (Å²) in [7, 11) is 0. The summed E-state index contributed by atoms with van der Waals surface area (Å²) in [4.78, 5) is 35.7. The molecule has 27 heavy (non-hydrogen) atoms. The summed E-state index contributed by atoms with van der Waals surface area (Å²) < 4.78 is 10.4. The van der Waals surface area contributed by atoms with Crippen LogP contribution in [0.1, 0.15) is 31.1 Å². The molecule has 0 aliphatic rings. The van der Waals surface area contributed by atoms with Gasteiger partial charge in [-0.1, -0.05) is 36.4 Å². The average molecular weight is 362 g/mol. The van der Waals surface area contributed by atoms with Gasteiger partial charge in [-0.05, 0) is 42.5 Å². The van der Waals surface area contributed by atoms with E-state index < -0.39 is 17.9 Å². The van der Waals surface area contributed by atoms with Crippen LogP contribution >= 0.6 is 0 Å². The first-order valence-corrected chi connectivity index (χ1v) is 7.96. The van der Waals surface area contributed by atoms with E-state index in [-0.39, 0.29) is 22.6 Å². The van der Waals surface area contributed by atoms with Crippen LogP contribution in [0.2, 0.25) is 0 Å². The van der Waals surface area contributed by atoms with E-state index in [1.54, 1.807) is 60.7 Å². The number of aromatic carboxylic acids is 1. The second-order valence-corrected chi connectivity index (χ2v) is 5.47. The summed E-state index contributed by atoms with van der Waals surface area (Å²) in [5.41, 5.74) is 0.319. The third kappa shape index (κ3) is 4.38. The molecule has 134 valence electrons. The maximum Gasteiger partial charge on any atom is 0.343 e. The van der Waals surface area contributed by atoms with Crippen molar-refractivity contribution in [1.29, 1.82) is 0 Å². The summed E-state index contributed by atoms with van der Waals surface area (Å²) in [6, 6.07) is 20.3. The molecule has 0 radical (unpaired) electrons. The van der Waals surface area contributed by atoms with Crippen LogP contribution in [0.15, 0.2) is 78.9 Å². The fraction of sp³-hybridized carbons (Fsp3) is 0. The highest BCUT2D eigenvalue weighted by Crippen LogP contribution is 2.26. The van der Waals surface area contributed by atoms with Crippen molar-refractivity contribution in [3.63, 3.8) is 0 Å². The molecule has 0 aliphatic carbocycles. The number of carbonyl (C=O) groups is 3. The van der Waals surface area contributed by atoms with Gasteiger partial charge in [0.1, 0.15) is 17.1 Å². The van der Waals surface area contributed by atoms with E-state index in [9.17, 15) is 19.5 Å². The van der Waals surface area contributed by atoms with Crippen LogP contribution in [0, 0.1) is 0 Å². The fourth-order valence-electron chi connectivity index (χ4n) is 2.30. The minimum absolute atomic E-state index is 0.0285. The molecule has 0 bridgehead atoms. The number of rotatable bonds is 5. The number of benzene rings is 3. The largest absolute Gasteiger partial charge is 0.478 e.